The third kappa shape index (κ3) is 5.63. The summed E-state index contributed by atoms with van der Waals surface area (Å²) >= 11 is 0. The average Bonchev–Trinajstić information content (AvgIpc) is 3.06. The SMILES string of the molecule is COC(=O)CCN(CC1CCCO1)C(=O)Cc1ccc(F)cc1. The number of ether oxygens (including phenoxy) is 2. The van der Waals surface area contributed by atoms with Gasteiger partial charge in [0.25, 0.3) is 0 Å². The number of esters is 1. The molecule has 0 bridgehead atoms. The van der Waals surface area contributed by atoms with Crippen LogP contribution in [-0.2, 0) is 25.5 Å². The van der Waals surface area contributed by atoms with Crippen molar-refractivity contribution in [2.45, 2.75) is 31.8 Å². The maximum absolute atomic E-state index is 12.9. The summed E-state index contributed by atoms with van der Waals surface area (Å²) in [6.45, 7) is 1.48. The van der Waals surface area contributed by atoms with Gasteiger partial charge < -0.3 is 14.4 Å². The highest BCUT2D eigenvalue weighted by atomic mass is 19.1. The van der Waals surface area contributed by atoms with E-state index in [0.717, 1.165) is 18.4 Å². The smallest absolute Gasteiger partial charge is 0.307 e. The zero-order chi connectivity index (χ0) is 16.7. The fourth-order valence-corrected chi connectivity index (χ4v) is 2.57. The molecule has 6 heteroatoms. The van der Waals surface area contributed by atoms with Gasteiger partial charge in [-0.25, -0.2) is 4.39 Å². The largest absolute Gasteiger partial charge is 0.469 e. The Morgan fingerprint density at radius 3 is 2.70 bits per heavy atom. The summed E-state index contributed by atoms with van der Waals surface area (Å²) in [7, 11) is 1.33. The molecule has 1 aliphatic heterocycles. The van der Waals surface area contributed by atoms with Crippen LogP contribution in [0.25, 0.3) is 0 Å². The third-order valence-electron chi connectivity index (χ3n) is 3.88. The third-order valence-corrected chi connectivity index (χ3v) is 3.88. The van der Waals surface area contributed by atoms with Gasteiger partial charge in [0.2, 0.25) is 5.91 Å². The topological polar surface area (TPSA) is 55.8 Å². The van der Waals surface area contributed by atoms with Gasteiger partial charge in [0.05, 0.1) is 26.1 Å². The number of methoxy groups -OCH3 is 1. The molecule has 1 unspecified atom stereocenters. The number of amides is 1. The molecule has 23 heavy (non-hydrogen) atoms. The lowest BCUT2D eigenvalue weighted by molar-refractivity contribution is -0.142. The highest BCUT2D eigenvalue weighted by Gasteiger charge is 2.23. The molecule has 126 valence electrons. The van der Waals surface area contributed by atoms with Crippen molar-refractivity contribution in [1.29, 1.82) is 0 Å². The van der Waals surface area contributed by atoms with E-state index in [1.54, 1.807) is 17.0 Å². The van der Waals surface area contributed by atoms with Crippen molar-refractivity contribution in [1.82, 2.24) is 4.90 Å². The molecule has 0 N–H and O–H groups in total. The minimum absolute atomic E-state index is 0.0183. The molecule has 5 nitrogen and oxygen atoms in total. The average molecular weight is 323 g/mol. The van der Waals surface area contributed by atoms with Crippen molar-refractivity contribution in [3.8, 4) is 0 Å². The van der Waals surface area contributed by atoms with E-state index in [2.05, 4.69) is 4.74 Å². The highest BCUT2D eigenvalue weighted by Crippen LogP contribution is 2.15. The molecular weight excluding hydrogens is 301 g/mol. The minimum atomic E-state index is -0.350. The molecule has 2 rings (SSSR count). The predicted octanol–water partition coefficient (Wildman–Crippen LogP) is 1.94. The number of carbonyl (C=O) groups is 2. The number of halogens is 1. The summed E-state index contributed by atoms with van der Waals surface area (Å²) in [6.07, 6.45) is 2.25. The van der Waals surface area contributed by atoms with Gasteiger partial charge in [0.1, 0.15) is 5.82 Å². The molecule has 1 fully saturated rings. The van der Waals surface area contributed by atoms with E-state index in [1.807, 2.05) is 0 Å². The van der Waals surface area contributed by atoms with Gasteiger partial charge >= 0.3 is 5.97 Å². The van der Waals surface area contributed by atoms with Crippen LogP contribution in [0.15, 0.2) is 24.3 Å². The molecule has 0 aromatic heterocycles. The molecular formula is C17H22FNO4. The van der Waals surface area contributed by atoms with E-state index < -0.39 is 0 Å². The summed E-state index contributed by atoms with van der Waals surface area (Å²) in [5.74, 6) is -0.781. The molecule has 0 radical (unpaired) electrons. The van der Waals surface area contributed by atoms with Crippen molar-refractivity contribution in [2.75, 3.05) is 26.8 Å². The summed E-state index contributed by atoms with van der Waals surface area (Å²) in [6, 6.07) is 5.86. The number of hydrogen-bond acceptors (Lipinski definition) is 4. The van der Waals surface area contributed by atoms with Gasteiger partial charge in [-0.05, 0) is 30.5 Å². The van der Waals surface area contributed by atoms with E-state index >= 15 is 0 Å². The standard InChI is InChI=1S/C17H22FNO4/c1-22-17(21)8-9-19(12-15-3-2-10-23-15)16(20)11-13-4-6-14(18)7-5-13/h4-7,15H,2-3,8-12H2,1H3. The second kappa shape index (κ2) is 8.62. The lowest BCUT2D eigenvalue weighted by atomic mass is 10.1. The van der Waals surface area contributed by atoms with Crippen molar-refractivity contribution < 1.29 is 23.5 Å². The van der Waals surface area contributed by atoms with E-state index in [0.29, 0.717) is 19.7 Å². The first-order valence-corrected chi connectivity index (χ1v) is 7.79. The molecule has 0 aliphatic carbocycles. The molecule has 1 amide bonds. The van der Waals surface area contributed by atoms with E-state index in [-0.39, 0.29) is 36.6 Å². The first kappa shape index (κ1) is 17.4. The van der Waals surface area contributed by atoms with Crippen LogP contribution in [0.4, 0.5) is 4.39 Å². The Morgan fingerprint density at radius 1 is 1.35 bits per heavy atom. The van der Waals surface area contributed by atoms with Crippen LogP contribution in [0.5, 0.6) is 0 Å². The lowest BCUT2D eigenvalue weighted by Crippen LogP contribution is -2.39. The maximum Gasteiger partial charge on any atom is 0.307 e. The number of rotatable bonds is 7. The Hall–Kier alpha value is -1.95. The van der Waals surface area contributed by atoms with E-state index in [4.69, 9.17) is 4.74 Å². The summed E-state index contributed by atoms with van der Waals surface area (Å²) in [5, 5.41) is 0. The summed E-state index contributed by atoms with van der Waals surface area (Å²) < 4.78 is 23.1. The number of carbonyl (C=O) groups excluding carboxylic acids is 2. The minimum Gasteiger partial charge on any atom is -0.469 e. The monoisotopic (exact) mass is 323 g/mol. The predicted molar refractivity (Wildman–Crippen MR) is 82.3 cm³/mol. The number of benzene rings is 1. The Balaban J connectivity index is 1.96. The fraction of sp³-hybridized carbons (Fsp3) is 0.529. The van der Waals surface area contributed by atoms with Crippen LogP contribution < -0.4 is 0 Å². The zero-order valence-electron chi connectivity index (χ0n) is 13.3. The molecule has 1 saturated heterocycles. The van der Waals surface area contributed by atoms with Crippen molar-refractivity contribution in [3.05, 3.63) is 35.6 Å². The van der Waals surface area contributed by atoms with Crippen LogP contribution in [-0.4, -0.2) is 49.7 Å². The summed E-state index contributed by atoms with van der Waals surface area (Å²) in [4.78, 5) is 25.5. The van der Waals surface area contributed by atoms with Gasteiger partial charge in [-0.3, -0.25) is 9.59 Å². The quantitative estimate of drug-likeness (QED) is 0.720. The van der Waals surface area contributed by atoms with Crippen LogP contribution in [0.1, 0.15) is 24.8 Å². The van der Waals surface area contributed by atoms with Crippen LogP contribution in [0, 0.1) is 5.82 Å². The van der Waals surface area contributed by atoms with Crippen LogP contribution in [0.2, 0.25) is 0 Å². The number of hydrogen-bond donors (Lipinski definition) is 0. The molecule has 1 aromatic carbocycles. The first-order chi connectivity index (χ1) is 11.1. The van der Waals surface area contributed by atoms with E-state index in [9.17, 15) is 14.0 Å². The van der Waals surface area contributed by atoms with Crippen LogP contribution >= 0.6 is 0 Å². The normalized spacial score (nSPS) is 17.0. The zero-order valence-corrected chi connectivity index (χ0v) is 13.3. The Morgan fingerprint density at radius 2 is 2.09 bits per heavy atom. The van der Waals surface area contributed by atoms with Gasteiger partial charge in [0.15, 0.2) is 0 Å². The molecule has 1 aromatic rings. The molecule has 0 saturated carbocycles. The van der Waals surface area contributed by atoms with E-state index in [1.165, 1.54) is 19.2 Å². The highest BCUT2D eigenvalue weighted by molar-refractivity contribution is 5.79. The maximum atomic E-state index is 12.9. The van der Waals surface area contributed by atoms with Crippen molar-refractivity contribution >= 4 is 11.9 Å². The van der Waals surface area contributed by atoms with Crippen LogP contribution in [0.3, 0.4) is 0 Å². The molecule has 1 heterocycles. The molecule has 1 aliphatic rings. The van der Waals surface area contributed by atoms with Gasteiger partial charge in [-0.2, -0.15) is 0 Å². The van der Waals surface area contributed by atoms with Gasteiger partial charge in [0, 0.05) is 19.7 Å². The Bertz CT molecular complexity index is 526. The van der Waals surface area contributed by atoms with Crippen molar-refractivity contribution in [3.63, 3.8) is 0 Å². The first-order valence-electron chi connectivity index (χ1n) is 7.79. The Labute approximate surface area is 135 Å². The second-order valence-electron chi connectivity index (χ2n) is 5.60. The van der Waals surface area contributed by atoms with Crippen molar-refractivity contribution in [2.24, 2.45) is 0 Å². The van der Waals surface area contributed by atoms with Gasteiger partial charge in [-0.1, -0.05) is 12.1 Å². The molecule has 0 spiro atoms. The summed E-state index contributed by atoms with van der Waals surface area (Å²) in [5.41, 5.74) is 0.742. The van der Waals surface area contributed by atoms with Gasteiger partial charge in [-0.15, -0.1) is 0 Å². The molecule has 1 atom stereocenters. The fourth-order valence-electron chi connectivity index (χ4n) is 2.57. The lowest BCUT2D eigenvalue weighted by Gasteiger charge is -2.25. The Kier molecular flexibility index (Phi) is 6.52. The number of nitrogens with zero attached hydrogens (tertiary/aromatic N) is 1. The second-order valence-corrected chi connectivity index (χ2v) is 5.60.